The van der Waals surface area contributed by atoms with E-state index >= 15 is 0 Å². The zero-order chi connectivity index (χ0) is 12.5. The fourth-order valence-electron chi connectivity index (χ4n) is 2.21. The zero-order valence-corrected chi connectivity index (χ0v) is 10.5. The number of hydrogen-bond donors (Lipinski definition) is 3. The van der Waals surface area contributed by atoms with E-state index in [4.69, 9.17) is 17.2 Å². The van der Waals surface area contributed by atoms with Crippen molar-refractivity contribution in [1.82, 2.24) is 0 Å². The standard InChI is InChI=1S/C14H25N3/c15-10-4-8-13(9-5-11-16)14(17)12-6-2-1-3-7-12/h1-3,6-7,13-14H,4-5,8-11,15-17H2. The van der Waals surface area contributed by atoms with E-state index in [1.165, 1.54) is 5.56 Å². The van der Waals surface area contributed by atoms with Crippen molar-refractivity contribution in [2.24, 2.45) is 23.1 Å². The van der Waals surface area contributed by atoms with Crippen molar-refractivity contribution < 1.29 is 0 Å². The summed E-state index contributed by atoms with van der Waals surface area (Å²) < 4.78 is 0. The van der Waals surface area contributed by atoms with Crippen LogP contribution in [0.15, 0.2) is 30.3 Å². The highest BCUT2D eigenvalue weighted by molar-refractivity contribution is 5.19. The van der Waals surface area contributed by atoms with Gasteiger partial charge in [-0.15, -0.1) is 0 Å². The molecule has 3 heteroatoms. The number of benzene rings is 1. The summed E-state index contributed by atoms with van der Waals surface area (Å²) in [6.45, 7) is 1.47. The Hall–Kier alpha value is -0.900. The topological polar surface area (TPSA) is 78.1 Å². The molecule has 1 aromatic carbocycles. The first-order valence-corrected chi connectivity index (χ1v) is 6.50. The van der Waals surface area contributed by atoms with Gasteiger partial charge in [-0.2, -0.15) is 0 Å². The number of rotatable bonds is 8. The van der Waals surface area contributed by atoms with Gasteiger partial charge in [0.05, 0.1) is 0 Å². The van der Waals surface area contributed by atoms with Crippen molar-refractivity contribution in [2.45, 2.75) is 31.7 Å². The Morgan fingerprint density at radius 1 is 0.882 bits per heavy atom. The smallest absolute Gasteiger partial charge is 0.0323 e. The van der Waals surface area contributed by atoms with Crippen molar-refractivity contribution in [1.29, 1.82) is 0 Å². The van der Waals surface area contributed by atoms with Crippen LogP contribution in [0.25, 0.3) is 0 Å². The van der Waals surface area contributed by atoms with Crippen LogP contribution in [0.2, 0.25) is 0 Å². The second-order valence-corrected chi connectivity index (χ2v) is 4.56. The highest BCUT2D eigenvalue weighted by Crippen LogP contribution is 2.27. The summed E-state index contributed by atoms with van der Waals surface area (Å²) in [5.74, 6) is 0.490. The Labute approximate surface area is 104 Å². The van der Waals surface area contributed by atoms with Crippen LogP contribution in [0, 0.1) is 5.92 Å². The summed E-state index contributed by atoms with van der Waals surface area (Å²) in [7, 11) is 0. The van der Waals surface area contributed by atoms with E-state index in [1.807, 2.05) is 18.2 Å². The molecule has 1 aromatic rings. The maximum atomic E-state index is 6.34. The van der Waals surface area contributed by atoms with Crippen molar-refractivity contribution in [3.8, 4) is 0 Å². The fourth-order valence-corrected chi connectivity index (χ4v) is 2.21. The fraction of sp³-hybridized carbons (Fsp3) is 0.571. The van der Waals surface area contributed by atoms with Crippen LogP contribution in [-0.2, 0) is 0 Å². The van der Waals surface area contributed by atoms with E-state index in [1.54, 1.807) is 0 Å². The van der Waals surface area contributed by atoms with Crippen LogP contribution < -0.4 is 17.2 Å². The van der Waals surface area contributed by atoms with E-state index in [2.05, 4.69) is 12.1 Å². The Morgan fingerprint density at radius 2 is 1.41 bits per heavy atom. The molecule has 0 radical (unpaired) electrons. The van der Waals surface area contributed by atoms with E-state index in [9.17, 15) is 0 Å². The molecule has 1 unspecified atom stereocenters. The van der Waals surface area contributed by atoms with Gasteiger partial charge >= 0.3 is 0 Å². The van der Waals surface area contributed by atoms with Crippen molar-refractivity contribution in [2.75, 3.05) is 13.1 Å². The predicted octanol–water partition coefficient (Wildman–Crippen LogP) is 1.78. The molecule has 96 valence electrons. The van der Waals surface area contributed by atoms with E-state index in [0.29, 0.717) is 5.92 Å². The molecule has 6 N–H and O–H groups in total. The molecule has 0 aromatic heterocycles. The van der Waals surface area contributed by atoms with Crippen LogP contribution in [0.3, 0.4) is 0 Å². The molecule has 0 heterocycles. The van der Waals surface area contributed by atoms with Crippen LogP contribution >= 0.6 is 0 Å². The summed E-state index contributed by atoms with van der Waals surface area (Å²) in [6, 6.07) is 10.4. The lowest BCUT2D eigenvalue weighted by atomic mass is 9.86. The van der Waals surface area contributed by atoms with Gasteiger partial charge in [0.15, 0.2) is 0 Å². The van der Waals surface area contributed by atoms with E-state index in [0.717, 1.165) is 38.8 Å². The molecule has 3 nitrogen and oxygen atoms in total. The lowest BCUT2D eigenvalue weighted by molar-refractivity contribution is 0.361. The van der Waals surface area contributed by atoms with Gasteiger partial charge in [0.25, 0.3) is 0 Å². The summed E-state index contributed by atoms with van der Waals surface area (Å²) in [5, 5.41) is 0. The molecule has 0 aliphatic carbocycles. The third-order valence-electron chi connectivity index (χ3n) is 3.25. The van der Waals surface area contributed by atoms with Gasteiger partial charge in [-0.1, -0.05) is 30.3 Å². The lowest BCUT2D eigenvalue weighted by Crippen LogP contribution is -2.23. The van der Waals surface area contributed by atoms with Gasteiger partial charge in [-0.25, -0.2) is 0 Å². The molecular formula is C14H25N3. The predicted molar refractivity (Wildman–Crippen MR) is 73.4 cm³/mol. The quantitative estimate of drug-likeness (QED) is 0.642. The Morgan fingerprint density at radius 3 is 1.88 bits per heavy atom. The van der Waals surface area contributed by atoms with Crippen molar-refractivity contribution in [3.05, 3.63) is 35.9 Å². The van der Waals surface area contributed by atoms with E-state index in [-0.39, 0.29) is 6.04 Å². The van der Waals surface area contributed by atoms with E-state index < -0.39 is 0 Å². The molecule has 1 atom stereocenters. The first kappa shape index (κ1) is 14.2. The highest BCUT2D eigenvalue weighted by atomic mass is 14.7. The molecule has 17 heavy (non-hydrogen) atoms. The summed E-state index contributed by atoms with van der Waals surface area (Å²) >= 11 is 0. The van der Waals surface area contributed by atoms with Crippen molar-refractivity contribution in [3.63, 3.8) is 0 Å². The molecule has 0 saturated heterocycles. The summed E-state index contributed by atoms with van der Waals surface area (Å²) in [6.07, 6.45) is 4.25. The second kappa shape index (κ2) is 8.23. The van der Waals surface area contributed by atoms with Gasteiger partial charge in [-0.05, 0) is 50.3 Å². The monoisotopic (exact) mass is 235 g/mol. The molecule has 0 amide bonds. The lowest BCUT2D eigenvalue weighted by Gasteiger charge is -2.24. The minimum atomic E-state index is 0.106. The molecule has 0 aliphatic heterocycles. The summed E-state index contributed by atoms with van der Waals surface area (Å²) in [4.78, 5) is 0. The maximum Gasteiger partial charge on any atom is 0.0323 e. The highest BCUT2D eigenvalue weighted by Gasteiger charge is 2.18. The number of nitrogens with two attached hydrogens (primary N) is 3. The van der Waals surface area contributed by atoms with Crippen LogP contribution in [0.4, 0.5) is 0 Å². The molecular weight excluding hydrogens is 210 g/mol. The van der Waals surface area contributed by atoms with Crippen LogP contribution in [0.1, 0.15) is 37.3 Å². The first-order valence-electron chi connectivity index (χ1n) is 6.50. The minimum Gasteiger partial charge on any atom is -0.330 e. The summed E-state index contributed by atoms with van der Waals surface area (Å²) in [5.41, 5.74) is 18.7. The largest absolute Gasteiger partial charge is 0.330 e. The molecule has 0 fully saturated rings. The minimum absolute atomic E-state index is 0.106. The average molecular weight is 235 g/mol. The normalized spacial score (nSPS) is 12.9. The van der Waals surface area contributed by atoms with Gasteiger partial charge in [-0.3, -0.25) is 0 Å². The Balaban J connectivity index is 2.61. The maximum absolute atomic E-state index is 6.34. The van der Waals surface area contributed by atoms with Crippen LogP contribution in [0.5, 0.6) is 0 Å². The SMILES string of the molecule is NCCCC(CCCN)C(N)c1ccccc1. The third kappa shape index (κ3) is 4.86. The second-order valence-electron chi connectivity index (χ2n) is 4.56. The van der Waals surface area contributed by atoms with Gasteiger partial charge in [0.2, 0.25) is 0 Å². The molecule has 0 spiro atoms. The molecule has 0 bridgehead atoms. The molecule has 0 aliphatic rings. The zero-order valence-electron chi connectivity index (χ0n) is 10.5. The van der Waals surface area contributed by atoms with Gasteiger partial charge in [0.1, 0.15) is 0 Å². The molecule has 0 saturated carbocycles. The first-order chi connectivity index (χ1) is 8.29. The number of hydrogen-bond acceptors (Lipinski definition) is 3. The Kier molecular flexibility index (Phi) is 6.86. The third-order valence-corrected chi connectivity index (χ3v) is 3.25. The van der Waals surface area contributed by atoms with Crippen LogP contribution in [-0.4, -0.2) is 13.1 Å². The van der Waals surface area contributed by atoms with Crippen molar-refractivity contribution >= 4 is 0 Å². The average Bonchev–Trinajstić information content (AvgIpc) is 2.39. The van der Waals surface area contributed by atoms with Gasteiger partial charge in [0, 0.05) is 6.04 Å². The Bertz CT molecular complexity index is 279. The van der Waals surface area contributed by atoms with Gasteiger partial charge < -0.3 is 17.2 Å². The molecule has 1 rings (SSSR count).